The summed E-state index contributed by atoms with van der Waals surface area (Å²) in [6, 6.07) is 26.3. The second kappa shape index (κ2) is 24.9. The minimum atomic E-state index is -1.02. The number of aromatic nitrogens is 6. The van der Waals surface area contributed by atoms with Gasteiger partial charge in [0.2, 0.25) is 23.8 Å². The van der Waals surface area contributed by atoms with Crippen LogP contribution in [-0.2, 0) is 18.9 Å². The highest BCUT2D eigenvalue weighted by Gasteiger charge is 2.24. The van der Waals surface area contributed by atoms with Crippen molar-refractivity contribution in [1.82, 2.24) is 35.2 Å². The second-order valence-corrected chi connectivity index (χ2v) is 17.3. The molecule has 0 aliphatic carbocycles. The summed E-state index contributed by atoms with van der Waals surface area (Å²) in [5.41, 5.74) is 4.52. The monoisotopic (exact) mass is 1020 g/mol. The van der Waals surface area contributed by atoms with Gasteiger partial charge in [-0.05, 0) is 97.1 Å². The predicted octanol–water partition coefficient (Wildman–Crippen LogP) is 4.77. The van der Waals surface area contributed by atoms with Gasteiger partial charge in [-0.3, -0.25) is 4.79 Å². The van der Waals surface area contributed by atoms with Gasteiger partial charge in [-0.2, -0.15) is 29.9 Å². The number of anilines is 8. The third-order valence-corrected chi connectivity index (χ3v) is 12.2. The smallest absolute Gasteiger partial charge is 0.335 e. The highest BCUT2D eigenvalue weighted by Crippen LogP contribution is 2.27. The summed E-state index contributed by atoms with van der Waals surface area (Å²) in [5.74, 6) is 2.39. The van der Waals surface area contributed by atoms with Crippen molar-refractivity contribution >= 4 is 70.5 Å². The van der Waals surface area contributed by atoms with Crippen LogP contribution in [0.3, 0.4) is 0 Å². The Kier molecular flexibility index (Phi) is 17.0. The standard InChI is InChI=1S/C26H30N8O4.C25H27N7O5/c1-27-23(35)19-4-8-21(9-5-19)29-26(36)28-20-6-2-18(3-7-20)22-30-24(33-10-14-37-15-11-33)32-25(31-22)34-12-16-38-17-13-34;33-22(34)18-3-7-20(8-4-18)27-25(35)26-19-5-1-17(2-6-19)21-28-23(31-9-13-36-14-10-31)30-24(29-21)32-11-15-37-16-12-32/h2-9H,10-17H2,1H3,(H,27,35)(H2,28,29,36);1-8H,9-16H2,(H,33,34)(H2,26,27,35). The number of amides is 5. The van der Waals surface area contributed by atoms with Crippen molar-refractivity contribution in [2.75, 3.05) is 153 Å². The second-order valence-electron chi connectivity index (χ2n) is 17.3. The van der Waals surface area contributed by atoms with Crippen LogP contribution in [0.1, 0.15) is 20.7 Å². The Balaban J connectivity index is 0.000000184. The molecule has 10 rings (SSSR count). The SMILES string of the molecule is CNC(=O)c1ccc(NC(=O)Nc2ccc(-c3nc(N4CCOCC4)nc(N4CCOCC4)n3)cc2)cc1.O=C(Nc1ccc(C(=O)O)cc1)Nc1ccc(-c2nc(N3CCOCC3)nc(N3CCOCC3)n2)cc1. The normalized spacial score (nSPS) is 15.7. The molecule has 75 heavy (non-hydrogen) atoms. The summed E-state index contributed by atoms with van der Waals surface area (Å²) >= 11 is 0. The van der Waals surface area contributed by atoms with E-state index in [9.17, 15) is 19.2 Å². The molecule has 4 fully saturated rings. The number of rotatable bonds is 12. The number of ether oxygens (including phenoxy) is 4. The molecule has 2 aromatic heterocycles. The molecule has 390 valence electrons. The maximum atomic E-state index is 12.5. The molecule has 24 heteroatoms. The van der Waals surface area contributed by atoms with Gasteiger partial charge < -0.3 is 70.2 Å². The van der Waals surface area contributed by atoms with E-state index in [1.807, 2.05) is 24.3 Å². The van der Waals surface area contributed by atoms with Crippen molar-refractivity contribution in [3.05, 3.63) is 108 Å². The Morgan fingerprint density at radius 2 is 0.667 bits per heavy atom. The molecule has 5 amide bonds. The van der Waals surface area contributed by atoms with E-state index in [1.54, 1.807) is 55.6 Å². The van der Waals surface area contributed by atoms with E-state index in [-0.39, 0.29) is 11.5 Å². The lowest BCUT2D eigenvalue weighted by molar-refractivity contribution is 0.0696. The fourth-order valence-corrected chi connectivity index (χ4v) is 8.12. The molecule has 6 heterocycles. The molecular weight excluding hydrogens is 967 g/mol. The molecule has 4 aliphatic rings. The van der Waals surface area contributed by atoms with Gasteiger partial charge in [0.15, 0.2) is 11.6 Å². The molecule has 0 saturated carbocycles. The largest absolute Gasteiger partial charge is 0.478 e. The number of carboxylic acid groups (broad SMARTS) is 1. The quantitative estimate of drug-likeness (QED) is 0.0963. The molecule has 6 aromatic rings. The van der Waals surface area contributed by atoms with E-state index in [4.69, 9.17) is 54.0 Å². The Bertz CT molecular complexity index is 2820. The van der Waals surface area contributed by atoms with Crippen LogP contribution in [0.2, 0.25) is 0 Å². The van der Waals surface area contributed by atoms with Crippen LogP contribution in [-0.4, -0.2) is 171 Å². The molecule has 0 atom stereocenters. The van der Waals surface area contributed by atoms with E-state index in [0.29, 0.717) is 143 Å². The summed E-state index contributed by atoms with van der Waals surface area (Å²) in [6.07, 6.45) is 0. The number of carboxylic acids is 1. The molecule has 4 aliphatic heterocycles. The van der Waals surface area contributed by atoms with Crippen molar-refractivity contribution in [3.8, 4) is 22.8 Å². The van der Waals surface area contributed by atoms with Crippen LogP contribution in [0.5, 0.6) is 0 Å². The number of hydrogen-bond acceptors (Lipinski definition) is 18. The van der Waals surface area contributed by atoms with E-state index in [2.05, 4.69) is 46.2 Å². The van der Waals surface area contributed by atoms with Gasteiger partial charge in [0.1, 0.15) is 0 Å². The summed E-state index contributed by atoms with van der Waals surface area (Å²) in [6.45, 7) is 10.8. The van der Waals surface area contributed by atoms with E-state index in [0.717, 1.165) is 37.3 Å². The highest BCUT2D eigenvalue weighted by molar-refractivity contribution is 6.01. The Hall–Kier alpha value is -8.58. The number of aromatic carboxylic acids is 1. The topological polar surface area (TPSA) is 276 Å². The molecule has 0 spiro atoms. The first-order valence-corrected chi connectivity index (χ1v) is 24.5. The van der Waals surface area contributed by atoms with Gasteiger partial charge in [-0.15, -0.1) is 0 Å². The van der Waals surface area contributed by atoms with Gasteiger partial charge in [-0.25, -0.2) is 14.4 Å². The van der Waals surface area contributed by atoms with Crippen molar-refractivity contribution < 1.29 is 43.2 Å². The average Bonchev–Trinajstić information content (AvgIpc) is 3.46. The van der Waals surface area contributed by atoms with Gasteiger partial charge in [0.25, 0.3) is 5.91 Å². The fraction of sp³-hybridized carbons (Fsp3) is 0.333. The molecule has 0 bridgehead atoms. The first-order valence-electron chi connectivity index (χ1n) is 24.5. The van der Waals surface area contributed by atoms with Crippen LogP contribution >= 0.6 is 0 Å². The maximum Gasteiger partial charge on any atom is 0.335 e. The Morgan fingerprint density at radius 1 is 0.400 bits per heavy atom. The van der Waals surface area contributed by atoms with Crippen molar-refractivity contribution in [1.29, 1.82) is 0 Å². The Morgan fingerprint density at radius 3 is 0.933 bits per heavy atom. The molecule has 0 unspecified atom stereocenters. The number of benzene rings is 4. The zero-order chi connectivity index (χ0) is 51.9. The van der Waals surface area contributed by atoms with Gasteiger partial charge in [0.05, 0.1) is 58.4 Å². The van der Waals surface area contributed by atoms with Crippen LogP contribution in [0.25, 0.3) is 22.8 Å². The first-order chi connectivity index (χ1) is 36.6. The third-order valence-electron chi connectivity index (χ3n) is 12.2. The van der Waals surface area contributed by atoms with Gasteiger partial charge in [-0.1, -0.05) is 0 Å². The predicted molar refractivity (Wildman–Crippen MR) is 281 cm³/mol. The summed E-state index contributed by atoms with van der Waals surface area (Å²) in [7, 11) is 1.57. The van der Waals surface area contributed by atoms with E-state index < -0.39 is 18.0 Å². The highest BCUT2D eigenvalue weighted by atomic mass is 16.5. The molecule has 6 N–H and O–H groups in total. The van der Waals surface area contributed by atoms with Crippen molar-refractivity contribution in [2.45, 2.75) is 0 Å². The third kappa shape index (κ3) is 13.9. The minimum Gasteiger partial charge on any atom is -0.478 e. The zero-order valence-electron chi connectivity index (χ0n) is 41.2. The van der Waals surface area contributed by atoms with E-state index in [1.165, 1.54) is 24.3 Å². The number of urea groups is 2. The van der Waals surface area contributed by atoms with Crippen LogP contribution in [0, 0.1) is 0 Å². The fourth-order valence-electron chi connectivity index (χ4n) is 8.12. The minimum absolute atomic E-state index is 0.147. The van der Waals surface area contributed by atoms with Crippen molar-refractivity contribution in [2.24, 2.45) is 0 Å². The van der Waals surface area contributed by atoms with Gasteiger partial charge in [0, 0.05) is 98.8 Å². The number of carbonyl (C=O) groups is 4. The average molecular weight is 1020 g/mol. The van der Waals surface area contributed by atoms with Gasteiger partial charge >= 0.3 is 18.0 Å². The number of morpholine rings is 4. The van der Waals surface area contributed by atoms with Crippen LogP contribution in [0.4, 0.5) is 56.1 Å². The molecule has 24 nitrogen and oxygen atoms in total. The van der Waals surface area contributed by atoms with E-state index >= 15 is 0 Å². The molecule has 4 saturated heterocycles. The molecule has 0 radical (unpaired) electrons. The number of hydrogen-bond donors (Lipinski definition) is 6. The number of carbonyl (C=O) groups excluding carboxylic acids is 3. The van der Waals surface area contributed by atoms with Crippen molar-refractivity contribution in [3.63, 3.8) is 0 Å². The lowest BCUT2D eigenvalue weighted by Crippen LogP contribution is -2.40. The lowest BCUT2D eigenvalue weighted by atomic mass is 10.2. The summed E-state index contributed by atoms with van der Waals surface area (Å²) in [4.78, 5) is 84.4. The summed E-state index contributed by atoms with van der Waals surface area (Å²) in [5, 5.41) is 22.6. The molecule has 4 aromatic carbocycles. The molecular formula is C51H57N15O9. The zero-order valence-corrected chi connectivity index (χ0v) is 41.2. The number of nitrogens with one attached hydrogen (secondary N) is 5. The first kappa shape index (κ1) is 51.3. The lowest BCUT2D eigenvalue weighted by Gasteiger charge is -2.30. The number of nitrogens with zero attached hydrogens (tertiary/aromatic N) is 10. The van der Waals surface area contributed by atoms with Crippen LogP contribution < -0.4 is 46.2 Å². The van der Waals surface area contributed by atoms with Crippen LogP contribution in [0.15, 0.2) is 97.1 Å². The summed E-state index contributed by atoms with van der Waals surface area (Å²) < 4.78 is 21.9. The Labute approximate surface area is 431 Å². The maximum absolute atomic E-state index is 12.5.